The highest BCUT2D eigenvalue weighted by molar-refractivity contribution is 6.19. The van der Waals surface area contributed by atoms with Crippen LogP contribution in [0, 0.1) is 0 Å². The first kappa shape index (κ1) is 14.6. The number of carbonyl (C=O) groups excluding carboxylic acids is 1. The number of hydrogen-bond donors (Lipinski definition) is 0. The SMILES string of the molecule is [B]CC(=O)N1CCC(N2CCC(c3ccccc3)CC2)C1. The van der Waals surface area contributed by atoms with E-state index in [1.807, 2.05) is 4.90 Å². The van der Waals surface area contributed by atoms with Crippen LogP contribution in [0.3, 0.4) is 0 Å². The van der Waals surface area contributed by atoms with E-state index in [0.29, 0.717) is 12.0 Å². The number of rotatable bonds is 3. The molecular formula is C17H23BN2O. The molecule has 21 heavy (non-hydrogen) atoms. The second-order valence-corrected chi connectivity index (χ2v) is 6.21. The van der Waals surface area contributed by atoms with Crippen LogP contribution in [0.4, 0.5) is 0 Å². The predicted molar refractivity (Wildman–Crippen MR) is 85.5 cm³/mol. The van der Waals surface area contributed by atoms with Crippen LogP contribution in [-0.4, -0.2) is 55.8 Å². The first-order chi connectivity index (χ1) is 10.3. The lowest BCUT2D eigenvalue weighted by Crippen LogP contribution is -2.43. The third kappa shape index (κ3) is 3.32. The fraction of sp³-hybridized carbons (Fsp3) is 0.588. The molecule has 0 bridgehead atoms. The summed E-state index contributed by atoms with van der Waals surface area (Å²) in [5.74, 6) is 0.794. The summed E-state index contributed by atoms with van der Waals surface area (Å²) in [5, 5.41) is 0. The molecule has 0 N–H and O–H groups in total. The van der Waals surface area contributed by atoms with Crippen molar-refractivity contribution in [3.05, 3.63) is 35.9 Å². The molecule has 2 aliphatic rings. The number of benzene rings is 1. The maximum Gasteiger partial charge on any atom is 0.213 e. The third-order valence-corrected chi connectivity index (χ3v) is 5.01. The van der Waals surface area contributed by atoms with Gasteiger partial charge in [-0.05, 0) is 50.2 Å². The van der Waals surface area contributed by atoms with Gasteiger partial charge >= 0.3 is 0 Å². The predicted octanol–water partition coefficient (Wildman–Crippen LogP) is 2.05. The van der Waals surface area contributed by atoms with Crippen molar-refractivity contribution in [3.63, 3.8) is 0 Å². The van der Waals surface area contributed by atoms with Crippen LogP contribution >= 0.6 is 0 Å². The Morgan fingerprint density at radius 3 is 2.48 bits per heavy atom. The molecule has 3 rings (SSSR count). The van der Waals surface area contributed by atoms with Gasteiger partial charge in [-0.1, -0.05) is 30.3 Å². The Labute approximate surface area is 128 Å². The van der Waals surface area contributed by atoms with E-state index in [2.05, 4.69) is 35.2 Å². The molecule has 0 spiro atoms. The van der Waals surface area contributed by atoms with Crippen molar-refractivity contribution in [2.75, 3.05) is 26.2 Å². The van der Waals surface area contributed by atoms with Crippen LogP contribution in [-0.2, 0) is 4.79 Å². The zero-order chi connectivity index (χ0) is 14.7. The summed E-state index contributed by atoms with van der Waals surface area (Å²) >= 11 is 0. The normalized spacial score (nSPS) is 24.4. The van der Waals surface area contributed by atoms with Crippen LogP contribution in [0.25, 0.3) is 0 Å². The Hall–Kier alpha value is -1.29. The van der Waals surface area contributed by atoms with Crippen molar-refractivity contribution in [3.8, 4) is 0 Å². The van der Waals surface area contributed by atoms with Gasteiger partial charge in [-0.15, -0.1) is 0 Å². The molecule has 1 amide bonds. The Kier molecular flexibility index (Phi) is 4.64. The highest BCUT2D eigenvalue weighted by Gasteiger charge is 2.32. The Morgan fingerprint density at radius 1 is 1.10 bits per heavy atom. The maximum atomic E-state index is 11.7. The van der Waals surface area contributed by atoms with E-state index in [1.54, 1.807) is 0 Å². The van der Waals surface area contributed by atoms with Crippen molar-refractivity contribution in [1.82, 2.24) is 9.80 Å². The molecule has 0 aliphatic carbocycles. The quantitative estimate of drug-likeness (QED) is 0.792. The van der Waals surface area contributed by atoms with Gasteiger partial charge < -0.3 is 4.90 Å². The molecule has 2 radical (unpaired) electrons. The monoisotopic (exact) mass is 282 g/mol. The van der Waals surface area contributed by atoms with Gasteiger partial charge in [-0.3, -0.25) is 9.69 Å². The number of nitrogens with zero attached hydrogens (tertiary/aromatic N) is 2. The number of likely N-dealkylation sites (tertiary alicyclic amines) is 2. The van der Waals surface area contributed by atoms with E-state index in [1.165, 1.54) is 18.4 Å². The highest BCUT2D eigenvalue weighted by atomic mass is 16.2. The van der Waals surface area contributed by atoms with Gasteiger partial charge in [0.15, 0.2) is 0 Å². The number of hydrogen-bond acceptors (Lipinski definition) is 2. The van der Waals surface area contributed by atoms with E-state index < -0.39 is 0 Å². The Balaban J connectivity index is 1.51. The average molecular weight is 282 g/mol. The van der Waals surface area contributed by atoms with Crippen LogP contribution in [0.2, 0.25) is 6.32 Å². The molecule has 2 fully saturated rings. The minimum absolute atomic E-state index is 0.0941. The molecule has 110 valence electrons. The second-order valence-electron chi connectivity index (χ2n) is 6.21. The van der Waals surface area contributed by atoms with Crippen molar-refractivity contribution in [2.45, 2.75) is 37.5 Å². The Bertz CT molecular complexity index is 471. The fourth-order valence-corrected chi connectivity index (χ4v) is 3.72. The summed E-state index contributed by atoms with van der Waals surface area (Å²) in [5.41, 5.74) is 1.48. The summed E-state index contributed by atoms with van der Waals surface area (Å²) in [4.78, 5) is 16.2. The first-order valence-electron chi connectivity index (χ1n) is 8.04. The van der Waals surface area contributed by atoms with Gasteiger partial charge in [-0.2, -0.15) is 0 Å². The lowest BCUT2D eigenvalue weighted by atomic mass is 9.89. The molecule has 0 aromatic heterocycles. The molecule has 2 heterocycles. The van der Waals surface area contributed by atoms with Crippen molar-refractivity contribution in [2.24, 2.45) is 0 Å². The van der Waals surface area contributed by atoms with Crippen LogP contribution < -0.4 is 0 Å². The summed E-state index contributed by atoms with van der Waals surface area (Å²) in [6.07, 6.45) is 3.70. The van der Waals surface area contributed by atoms with Crippen LogP contribution in [0.1, 0.15) is 30.7 Å². The van der Waals surface area contributed by atoms with Crippen molar-refractivity contribution >= 4 is 13.8 Å². The molecule has 1 atom stereocenters. The van der Waals surface area contributed by atoms with Crippen molar-refractivity contribution < 1.29 is 4.79 Å². The first-order valence-corrected chi connectivity index (χ1v) is 8.04. The fourth-order valence-electron chi connectivity index (χ4n) is 3.72. The summed E-state index contributed by atoms with van der Waals surface area (Å²) in [6.45, 7) is 4.04. The average Bonchev–Trinajstić information content (AvgIpc) is 3.05. The van der Waals surface area contributed by atoms with Gasteiger partial charge in [-0.25, -0.2) is 0 Å². The molecule has 3 nitrogen and oxygen atoms in total. The summed E-state index contributed by atoms with van der Waals surface area (Å²) in [6, 6.07) is 11.4. The van der Waals surface area contributed by atoms with Gasteiger partial charge in [0.2, 0.25) is 5.91 Å². The van der Waals surface area contributed by atoms with Gasteiger partial charge in [0.05, 0.1) is 7.85 Å². The lowest BCUT2D eigenvalue weighted by Gasteiger charge is -2.36. The zero-order valence-corrected chi connectivity index (χ0v) is 12.6. The van der Waals surface area contributed by atoms with Gasteiger partial charge in [0.1, 0.15) is 0 Å². The lowest BCUT2D eigenvalue weighted by molar-refractivity contribution is -0.127. The largest absolute Gasteiger partial charge is 0.342 e. The van der Waals surface area contributed by atoms with Crippen LogP contribution in [0.5, 0.6) is 0 Å². The van der Waals surface area contributed by atoms with Gasteiger partial charge in [0, 0.05) is 19.1 Å². The standard InChI is InChI=1S/C17H23BN2O/c18-12-17(21)20-11-8-16(13-20)19-9-6-15(7-10-19)14-4-2-1-3-5-14/h1-5,15-16H,6-13H2. The second kappa shape index (κ2) is 6.65. The summed E-state index contributed by atoms with van der Waals surface area (Å²) < 4.78 is 0. The minimum atomic E-state index is 0.0941. The zero-order valence-electron chi connectivity index (χ0n) is 12.6. The molecular weight excluding hydrogens is 259 g/mol. The molecule has 4 heteroatoms. The molecule has 2 saturated heterocycles. The van der Waals surface area contributed by atoms with Crippen LogP contribution in [0.15, 0.2) is 30.3 Å². The van der Waals surface area contributed by atoms with E-state index in [4.69, 9.17) is 7.85 Å². The number of carbonyl (C=O) groups is 1. The molecule has 1 aromatic carbocycles. The third-order valence-electron chi connectivity index (χ3n) is 5.01. The van der Waals surface area contributed by atoms with E-state index in [9.17, 15) is 4.79 Å². The Morgan fingerprint density at radius 2 is 1.81 bits per heavy atom. The van der Waals surface area contributed by atoms with E-state index in [0.717, 1.165) is 32.6 Å². The highest BCUT2D eigenvalue weighted by Crippen LogP contribution is 2.30. The number of amides is 1. The summed E-state index contributed by atoms with van der Waals surface area (Å²) in [7, 11) is 5.45. The van der Waals surface area contributed by atoms with Crippen molar-refractivity contribution in [1.29, 1.82) is 0 Å². The minimum Gasteiger partial charge on any atom is -0.342 e. The maximum absolute atomic E-state index is 11.7. The van der Waals surface area contributed by atoms with E-state index >= 15 is 0 Å². The molecule has 0 saturated carbocycles. The molecule has 1 unspecified atom stereocenters. The number of piperidine rings is 1. The van der Waals surface area contributed by atoms with Gasteiger partial charge in [0.25, 0.3) is 0 Å². The molecule has 2 aliphatic heterocycles. The topological polar surface area (TPSA) is 23.6 Å². The smallest absolute Gasteiger partial charge is 0.213 e. The van der Waals surface area contributed by atoms with E-state index in [-0.39, 0.29) is 12.2 Å². The molecule has 1 aromatic rings.